The summed E-state index contributed by atoms with van der Waals surface area (Å²) in [5.41, 5.74) is -0.500. The summed E-state index contributed by atoms with van der Waals surface area (Å²) in [5.74, 6) is 0.317. The largest absolute Gasteiger partial charge is 0.356 e. The molecule has 0 unspecified atom stereocenters. The molecule has 0 aliphatic carbocycles. The summed E-state index contributed by atoms with van der Waals surface area (Å²) in [6, 6.07) is 0. The monoisotopic (exact) mass is 334 g/mol. The fourth-order valence-electron chi connectivity index (χ4n) is 2.13. The summed E-state index contributed by atoms with van der Waals surface area (Å²) >= 11 is 6.68. The molecule has 1 aromatic rings. The molecule has 1 atom stereocenters. The van der Waals surface area contributed by atoms with Crippen molar-refractivity contribution in [3.63, 3.8) is 0 Å². The smallest absolute Gasteiger partial charge is 0.211 e. The molecule has 0 spiro atoms. The van der Waals surface area contributed by atoms with Crippen LogP contribution in [0.5, 0.6) is 0 Å². The fourth-order valence-corrected chi connectivity index (χ4v) is 5.48. The molecule has 2 heterocycles. The van der Waals surface area contributed by atoms with Gasteiger partial charge in [0, 0.05) is 6.42 Å². The number of hydrogen-bond donors (Lipinski definition) is 2. The van der Waals surface area contributed by atoms with E-state index < -0.39 is 15.4 Å². The number of hydrogen-bond acceptors (Lipinski definition) is 6. The van der Waals surface area contributed by atoms with E-state index in [1.54, 1.807) is 0 Å². The Morgan fingerprint density at radius 2 is 2.25 bits per heavy atom. The van der Waals surface area contributed by atoms with Crippen molar-refractivity contribution in [2.24, 2.45) is 0 Å². The van der Waals surface area contributed by atoms with Crippen molar-refractivity contribution in [2.75, 3.05) is 16.8 Å². The zero-order chi connectivity index (χ0) is 14.8. The first kappa shape index (κ1) is 15.6. The summed E-state index contributed by atoms with van der Waals surface area (Å²) in [6.07, 6.45) is 2.48. The second-order valence-electron chi connectivity index (χ2n) is 5.23. The van der Waals surface area contributed by atoms with Crippen molar-refractivity contribution in [2.45, 2.75) is 38.6 Å². The summed E-state index contributed by atoms with van der Waals surface area (Å²) in [4.78, 5) is 0. The van der Waals surface area contributed by atoms with Gasteiger partial charge < -0.3 is 10.6 Å². The van der Waals surface area contributed by atoms with Gasteiger partial charge in [-0.3, -0.25) is 0 Å². The lowest BCUT2D eigenvalue weighted by atomic mass is 10.0. The highest BCUT2D eigenvalue weighted by Gasteiger charge is 2.38. The summed E-state index contributed by atoms with van der Waals surface area (Å²) < 4.78 is 23.1. The molecule has 1 aliphatic rings. The minimum atomic E-state index is -2.95. The van der Waals surface area contributed by atoms with E-state index in [0.29, 0.717) is 16.7 Å². The molecular formula is C11H18N4O2S3. The van der Waals surface area contributed by atoms with Crippen LogP contribution in [0.4, 0.5) is 5.13 Å². The average Bonchev–Trinajstić information content (AvgIpc) is 2.84. The first-order chi connectivity index (χ1) is 9.32. The molecule has 1 fully saturated rings. The van der Waals surface area contributed by atoms with E-state index in [2.05, 4.69) is 27.8 Å². The molecule has 0 radical (unpaired) electrons. The Morgan fingerprint density at radius 3 is 2.85 bits per heavy atom. The van der Waals surface area contributed by atoms with Crippen molar-refractivity contribution >= 4 is 43.6 Å². The van der Waals surface area contributed by atoms with E-state index in [4.69, 9.17) is 12.2 Å². The number of anilines is 1. The predicted molar refractivity (Wildman–Crippen MR) is 84.9 cm³/mol. The highest BCUT2D eigenvalue weighted by atomic mass is 32.2. The lowest BCUT2D eigenvalue weighted by Crippen LogP contribution is -2.48. The van der Waals surface area contributed by atoms with Crippen LogP contribution in [0.3, 0.4) is 0 Å². The summed E-state index contributed by atoms with van der Waals surface area (Å²) in [7, 11) is -2.95. The Balaban J connectivity index is 1.92. The molecular weight excluding hydrogens is 316 g/mol. The van der Waals surface area contributed by atoms with Crippen LogP contribution in [-0.2, 0) is 16.3 Å². The van der Waals surface area contributed by atoms with Gasteiger partial charge in [0.25, 0.3) is 0 Å². The second-order valence-corrected chi connectivity index (χ2v) is 8.89. The van der Waals surface area contributed by atoms with E-state index in [0.717, 1.165) is 17.8 Å². The van der Waals surface area contributed by atoms with Crippen molar-refractivity contribution in [3.05, 3.63) is 5.01 Å². The number of nitrogens with one attached hydrogen (secondary N) is 2. The van der Waals surface area contributed by atoms with Crippen LogP contribution >= 0.6 is 23.6 Å². The van der Waals surface area contributed by atoms with Crippen LogP contribution in [0.15, 0.2) is 0 Å². The fraction of sp³-hybridized carbons (Fsp3) is 0.727. The molecule has 0 bridgehead atoms. The first-order valence-corrected chi connectivity index (χ1v) is 9.48. The SMILES string of the molecule is CCCc1nnc(NC(=S)N[C@]2(C)CCS(=O)(=O)C2)s1. The molecule has 1 saturated heterocycles. The Morgan fingerprint density at radius 1 is 1.50 bits per heavy atom. The van der Waals surface area contributed by atoms with Gasteiger partial charge in [0.05, 0.1) is 17.0 Å². The van der Waals surface area contributed by atoms with Gasteiger partial charge in [-0.2, -0.15) is 0 Å². The van der Waals surface area contributed by atoms with Crippen LogP contribution < -0.4 is 10.6 Å². The van der Waals surface area contributed by atoms with Crippen LogP contribution in [0.25, 0.3) is 0 Å². The normalized spacial score (nSPS) is 24.5. The highest BCUT2D eigenvalue weighted by molar-refractivity contribution is 7.91. The summed E-state index contributed by atoms with van der Waals surface area (Å²) in [5, 5.41) is 16.1. The molecule has 0 amide bonds. The van der Waals surface area contributed by atoms with E-state index in [1.165, 1.54) is 11.3 Å². The van der Waals surface area contributed by atoms with Gasteiger partial charge in [-0.25, -0.2) is 8.42 Å². The zero-order valence-corrected chi connectivity index (χ0v) is 13.9. The zero-order valence-electron chi connectivity index (χ0n) is 11.5. The minimum Gasteiger partial charge on any atom is -0.356 e. The average molecular weight is 334 g/mol. The maximum absolute atomic E-state index is 11.5. The standard InChI is InChI=1S/C11H18N4O2S3/c1-3-4-8-14-15-10(19-8)12-9(18)13-11(2)5-6-20(16,17)7-11/h3-7H2,1-2H3,(H2,12,13,15,18)/t11-/m1/s1. The number of thiocarbonyl (C=S) groups is 1. The van der Waals surface area contributed by atoms with Gasteiger partial charge in [0.1, 0.15) is 5.01 Å². The van der Waals surface area contributed by atoms with Gasteiger partial charge in [-0.15, -0.1) is 10.2 Å². The van der Waals surface area contributed by atoms with E-state index in [-0.39, 0.29) is 11.5 Å². The molecule has 20 heavy (non-hydrogen) atoms. The van der Waals surface area contributed by atoms with Gasteiger partial charge in [-0.05, 0) is 32.0 Å². The van der Waals surface area contributed by atoms with Crippen LogP contribution in [0.2, 0.25) is 0 Å². The third-order valence-electron chi connectivity index (χ3n) is 3.07. The molecule has 2 N–H and O–H groups in total. The Labute approximate surface area is 128 Å². The molecule has 112 valence electrons. The topological polar surface area (TPSA) is 84.0 Å². The molecule has 1 aromatic heterocycles. The number of aryl methyl sites for hydroxylation is 1. The maximum Gasteiger partial charge on any atom is 0.211 e. The molecule has 1 aliphatic heterocycles. The van der Waals surface area contributed by atoms with Gasteiger partial charge in [0.15, 0.2) is 14.9 Å². The van der Waals surface area contributed by atoms with Crippen LogP contribution in [0, 0.1) is 0 Å². The van der Waals surface area contributed by atoms with Crippen LogP contribution in [-0.4, -0.2) is 40.8 Å². The van der Waals surface area contributed by atoms with E-state index in [1.807, 2.05) is 6.92 Å². The van der Waals surface area contributed by atoms with Gasteiger partial charge in [-0.1, -0.05) is 18.3 Å². The van der Waals surface area contributed by atoms with Crippen LogP contribution in [0.1, 0.15) is 31.7 Å². The van der Waals surface area contributed by atoms with Crippen molar-refractivity contribution in [3.8, 4) is 0 Å². The number of nitrogens with zero attached hydrogens (tertiary/aromatic N) is 2. The molecule has 0 saturated carbocycles. The molecule has 0 aromatic carbocycles. The van der Waals surface area contributed by atoms with Crippen molar-refractivity contribution in [1.82, 2.24) is 15.5 Å². The lowest BCUT2D eigenvalue weighted by molar-refractivity contribution is 0.474. The Bertz CT molecular complexity index is 599. The molecule has 9 heteroatoms. The maximum atomic E-state index is 11.5. The molecule has 2 rings (SSSR count). The number of sulfone groups is 1. The third-order valence-corrected chi connectivity index (χ3v) is 6.08. The Kier molecular flexibility index (Phi) is 4.60. The minimum absolute atomic E-state index is 0.110. The Hall–Kier alpha value is -0.800. The number of aromatic nitrogens is 2. The summed E-state index contributed by atoms with van der Waals surface area (Å²) in [6.45, 7) is 3.95. The van der Waals surface area contributed by atoms with Gasteiger partial charge >= 0.3 is 0 Å². The van der Waals surface area contributed by atoms with Gasteiger partial charge in [0.2, 0.25) is 5.13 Å². The lowest BCUT2D eigenvalue weighted by Gasteiger charge is -2.25. The third kappa shape index (κ3) is 4.10. The quantitative estimate of drug-likeness (QED) is 0.804. The predicted octanol–water partition coefficient (Wildman–Crippen LogP) is 1.35. The second kappa shape index (κ2) is 5.90. The van der Waals surface area contributed by atoms with Crippen molar-refractivity contribution in [1.29, 1.82) is 0 Å². The van der Waals surface area contributed by atoms with E-state index >= 15 is 0 Å². The van der Waals surface area contributed by atoms with E-state index in [9.17, 15) is 8.42 Å². The highest BCUT2D eigenvalue weighted by Crippen LogP contribution is 2.23. The number of rotatable bonds is 4. The van der Waals surface area contributed by atoms with Crippen molar-refractivity contribution < 1.29 is 8.42 Å². The molecule has 6 nitrogen and oxygen atoms in total. The first-order valence-electron chi connectivity index (χ1n) is 6.44.